The summed E-state index contributed by atoms with van der Waals surface area (Å²) in [5, 5.41) is 7.54. The number of hydrogen-bond donors (Lipinski definition) is 1. The van der Waals surface area contributed by atoms with Gasteiger partial charge in [-0.05, 0) is 109 Å². The van der Waals surface area contributed by atoms with E-state index in [2.05, 4.69) is 135 Å². The fourth-order valence-electron chi connectivity index (χ4n) is 8.09. The molecule has 2 heteroatoms. The Bertz CT molecular complexity index is 2180. The van der Waals surface area contributed by atoms with E-state index < -0.39 is 0 Å². The molecule has 0 amide bonds. The molecule has 0 saturated carbocycles. The second-order valence-corrected chi connectivity index (χ2v) is 12.9. The van der Waals surface area contributed by atoms with Crippen LogP contribution in [0, 0.1) is 11.8 Å². The van der Waals surface area contributed by atoms with Gasteiger partial charge in [0.05, 0.1) is 0 Å². The Balaban J connectivity index is 1.43. The summed E-state index contributed by atoms with van der Waals surface area (Å²) in [5.74, 6) is 1.37. The second kappa shape index (κ2) is 13.9. The van der Waals surface area contributed by atoms with Crippen LogP contribution in [0.15, 0.2) is 140 Å². The molecule has 0 radical (unpaired) electrons. The Morgan fingerprint density at radius 3 is 1.96 bits per heavy atom. The highest BCUT2D eigenvalue weighted by atomic mass is 14.6. The van der Waals surface area contributed by atoms with E-state index in [0.717, 1.165) is 34.6 Å². The van der Waals surface area contributed by atoms with Crippen LogP contribution in [0.25, 0.3) is 60.2 Å². The fraction of sp³-hybridized carbons (Fsp3) is 0.196. The maximum atomic E-state index is 6.41. The highest BCUT2D eigenvalue weighted by molar-refractivity contribution is 6.23. The van der Waals surface area contributed by atoms with Crippen molar-refractivity contribution < 1.29 is 0 Å². The van der Waals surface area contributed by atoms with Gasteiger partial charge in [-0.1, -0.05) is 142 Å². The van der Waals surface area contributed by atoms with Crippen LogP contribution in [0.4, 0.5) is 0 Å². The quantitative estimate of drug-likeness (QED) is 0.128. The van der Waals surface area contributed by atoms with Crippen LogP contribution in [0.5, 0.6) is 0 Å². The Hall–Kier alpha value is -5.21. The smallest absolute Gasteiger partial charge is 0.0273 e. The summed E-state index contributed by atoms with van der Waals surface area (Å²) in [6.07, 6.45) is 19.8. The highest BCUT2D eigenvalue weighted by Gasteiger charge is 2.23. The van der Waals surface area contributed by atoms with Crippen molar-refractivity contribution in [2.45, 2.75) is 46.5 Å². The van der Waals surface area contributed by atoms with Crippen molar-refractivity contribution in [3.05, 3.63) is 157 Å². The van der Waals surface area contributed by atoms with Crippen LogP contribution in [0.2, 0.25) is 0 Å². The lowest BCUT2D eigenvalue weighted by molar-refractivity contribution is 0.355. The normalized spacial score (nSPS) is 16.1. The maximum absolute atomic E-state index is 6.41. The Kier molecular flexibility index (Phi) is 9.07. The lowest BCUT2D eigenvalue weighted by Crippen LogP contribution is -2.13. The second-order valence-electron chi connectivity index (χ2n) is 12.9. The van der Waals surface area contributed by atoms with E-state index in [9.17, 15) is 0 Å². The summed E-state index contributed by atoms with van der Waals surface area (Å²) in [5.41, 5.74) is 15.9. The van der Waals surface area contributed by atoms with Crippen molar-refractivity contribution in [2.24, 2.45) is 17.6 Å². The molecule has 0 saturated heterocycles. The van der Waals surface area contributed by atoms with Crippen molar-refractivity contribution >= 4 is 49.0 Å². The van der Waals surface area contributed by atoms with E-state index in [1.165, 1.54) is 73.8 Å². The third kappa shape index (κ3) is 5.56. The molecule has 1 aromatic heterocycles. The van der Waals surface area contributed by atoms with Crippen molar-refractivity contribution in [1.29, 1.82) is 0 Å². The number of benzene rings is 5. The minimum atomic E-state index is 0.620. The summed E-state index contributed by atoms with van der Waals surface area (Å²) in [7, 11) is 0. The maximum Gasteiger partial charge on any atom is 0.0273 e. The van der Waals surface area contributed by atoms with Gasteiger partial charge in [0, 0.05) is 24.2 Å². The standard InChI is InChI=1S/C46H44N2/c1-4-13-31(5-2)32-22-24-34(25-23-32)45-40-14-7-9-16-42(40)46(43-17-10-8-15-41(43)45)39-21-12-18-36-37(39)19-11-20-38(36)44(30-47)35(6-3)33-26-28-48-29-27-33/h6-12,14-22,24-32H,4-5,13,23,47H2,1-3H3/b35-6-,44-30+. The molecule has 6 aromatic rings. The van der Waals surface area contributed by atoms with Gasteiger partial charge in [0.1, 0.15) is 0 Å². The van der Waals surface area contributed by atoms with Gasteiger partial charge >= 0.3 is 0 Å². The van der Waals surface area contributed by atoms with Crippen LogP contribution in [0.1, 0.15) is 63.1 Å². The number of nitrogens with two attached hydrogens (primary N) is 1. The molecule has 5 aromatic carbocycles. The van der Waals surface area contributed by atoms with Gasteiger partial charge in [0.2, 0.25) is 0 Å². The molecule has 0 aliphatic heterocycles. The zero-order valence-corrected chi connectivity index (χ0v) is 28.3. The number of allylic oxidation sites excluding steroid dienone is 7. The van der Waals surface area contributed by atoms with Gasteiger partial charge in [-0.2, -0.15) is 0 Å². The van der Waals surface area contributed by atoms with E-state index >= 15 is 0 Å². The van der Waals surface area contributed by atoms with Gasteiger partial charge in [-0.25, -0.2) is 0 Å². The fourth-order valence-corrected chi connectivity index (χ4v) is 8.09. The summed E-state index contributed by atoms with van der Waals surface area (Å²) < 4.78 is 0. The summed E-state index contributed by atoms with van der Waals surface area (Å²) in [6, 6.07) is 35.4. The van der Waals surface area contributed by atoms with Gasteiger partial charge in [-0.3, -0.25) is 4.98 Å². The summed E-state index contributed by atoms with van der Waals surface area (Å²) in [6.45, 7) is 6.72. The Morgan fingerprint density at radius 1 is 0.750 bits per heavy atom. The van der Waals surface area contributed by atoms with E-state index in [1.807, 2.05) is 24.5 Å². The number of pyridine rings is 1. The van der Waals surface area contributed by atoms with Gasteiger partial charge in [0.25, 0.3) is 0 Å². The first-order valence-electron chi connectivity index (χ1n) is 17.5. The number of aromatic nitrogens is 1. The third-order valence-corrected chi connectivity index (χ3v) is 10.4. The largest absolute Gasteiger partial charge is 0.404 e. The van der Waals surface area contributed by atoms with Crippen LogP contribution in [0.3, 0.4) is 0 Å². The summed E-state index contributed by atoms with van der Waals surface area (Å²) >= 11 is 0. The molecular formula is C46H44N2. The van der Waals surface area contributed by atoms with Crippen molar-refractivity contribution in [3.8, 4) is 11.1 Å². The molecule has 2 N–H and O–H groups in total. The van der Waals surface area contributed by atoms with E-state index in [1.54, 1.807) is 6.20 Å². The van der Waals surface area contributed by atoms with E-state index in [0.29, 0.717) is 5.92 Å². The average molecular weight is 625 g/mol. The molecule has 2 unspecified atom stereocenters. The van der Waals surface area contributed by atoms with E-state index in [4.69, 9.17) is 5.73 Å². The molecule has 1 aliphatic rings. The number of fused-ring (bicyclic) bond motifs is 3. The highest BCUT2D eigenvalue weighted by Crippen LogP contribution is 2.46. The first-order valence-corrected chi connectivity index (χ1v) is 17.5. The topological polar surface area (TPSA) is 38.9 Å². The average Bonchev–Trinajstić information content (AvgIpc) is 3.15. The Morgan fingerprint density at radius 2 is 1.38 bits per heavy atom. The van der Waals surface area contributed by atoms with Gasteiger partial charge in [0.15, 0.2) is 0 Å². The van der Waals surface area contributed by atoms with E-state index in [-0.39, 0.29) is 0 Å². The molecule has 0 spiro atoms. The first-order chi connectivity index (χ1) is 23.7. The Labute approximate surface area is 285 Å². The molecule has 48 heavy (non-hydrogen) atoms. The van der Waals surface area contributed by atoms with Crippen LogP contribution >= 0.6 is 0 Å². The molecule has 2 atom stereocenters. The minimum Gasteiger partial charge on any atom is -0.404 e. The molecule has 0 fully saturated rings. The van der Waals surface area contributed by atoms with Crippen LogP contribution in [-0.4, -0.2) is 4.98 Å². The molecule has 0 bridgehead atoms. The van der Waals surface area contributed by atoms with Gasteiger partial charge in [-0.15, -0.1) is 0 Å². The zero-order chi connectivity index (χ0) is 33.0. The molecule has 1 heterocycles. The number of nitrogens with zero attached hydrogens (tertiary/aromatic N) is 1. The van der Waals surface area contributed by atoms with Crippen molar-refractivity contribution in [2.75, 3.05) is 0 Å². The lowest BCUT2D eigenvalue weighted by atomic mass is 9.78. The molecule has 2 nitrogen and oxygen atoms in total. The third-order valence-electron chi connectivity index (χ3n) is 10.4. The predicted molar refractivity (Wildman–Crippen MR) is 208 cm³/mol. The lowest BCUT2D eigenvalue weighted by Gasteiger charge is -2.26. The van der Waals surface area contributed by atoms with Crippen LogP contribution in [-0.2, 0) is 0 Å². The SMILES string of the molecule is C/C=C(\C(=C/N)c1cccc2c(-c3c4ccccc4c(C4=CCC(C(CC)CCC)C=C4)c4ccccc34)cccc12)c1ccncc1. The molecule has 1 aliphatic carbocycles. The first kappa shape index (κ1) is 31.4. The predicted octanol–water partition coefficient (Wildman–Crippen LogP) is 12.4. The molecule has 238 valence electrons. The minimum absolute atomic E-state index is 0.620. The summed E-state index contributed by atoms with van der Waals surface area (Å²) in [4.78, 5) is 4.24. The monoisotopic (exact) mass is 624 g/mol. The molecule has 7 rings (SSSR count). The van der Waals surface area contributed by atoms with Gasteiger partial charge < -0.3 is 5.73 Å². The van der Waals surface area contributed by atoms with Crippen molar-refractivity contribution in [3.63, 3.8) is 0 Å². The van der Waals surface area contributed by atoms with Crippen molar-refractivity contribution in [1.82, 2.24) is 4.98 Å². The van der Waals surface area contributed by atoms with Crippen LogP contribution < -0.4 is 5.73 Å². The number of hydrogen-bond acceptors (Lipinski definition) is 2. The molecular weight excluding hydrogens is 581 g/mol. The number of rotatable bonds is 9. The zero-order valence-electron chi connectivity index (χ0n) is 28.3.